The number of carbonyl (C=O) groups excluding carboxylic acids is 1. The number of hydrogen-bond acceptors (Lipinski definition) is 4. The molecule has 2 aliphatic heterocycles. The van der Waals surface area contributed by atoms with E-state index < -0.39 is 22.2 Å². The summed E-state index contributed by atoms with van der Waals surface area (Å²) < 4.78 is 32.8. The number of rotatable bonds is 2. The molecule has 20 heavy (non-hydrogen) atoms. The second-order valence-electron chi connectivity index (χ2n) is 4.91. The van der Waals surface area contributed by atoms with E-state index >= 15 is 0 Å². The first-order chi connectivity index (χ1) is 9.50. The molecule has 2 atom stereocenters. The summed E-state index contributed by atoms with van der Waals surface area (Å²) in [5, 5.41) is 0.453. The average Bonchev–Trinajstić information content (AvgIpc) is 2.43. The normalized spacial score (nSPS) is 27.1. The molecular formula is C12H14ClN2O4S+. The maximum Gasteiger partial charge on any atom is 0.448 e. The maximum atomic E-state index is 12.7. The van der Waals surface area contributed by atoms with Crippen molar-refractivity contribution < 1.29 is 21.9 Å². The highest BCUT2D eigenvalue weighted by atomic mass is 35.5. The minimum atomic E-state index is -3.78. The number of nitrogens with zero attached hydrogens (tertiary/aromatic N) is 2. The number of aromatic nitrogens is 1. The first-order valence-corrected chi connectivity index (χ1v) is 8.15. The van der Waals surface area contributed by atoms with E-state index in [4.69, 9.17) is 16.3 Å². The summed E-state index contributed by atoms with van der Waals surface area (Å²) in [7, 11) is -3.78. The molecule has 2 saturated heterocycles. The molecule has 3 heterocycles. The molecular weight excluding hydrogens is 304 g/mol. The van der Waals surface area contributed by atoms with E-state index in [0.29, 0.717) is 17.9 Å². The second kappa shape index (κ2) is 4.98. The van der Waals surface area contributed by atoms with Crippen molar-refractivity contribution in [2.75, 3.05) is 6.61 Å². The fourth-order valence-electron chi connectivity index (χ4n) is 2.72. The third-order valence-corrected chi connectivity index (χ3v) is 5.78. The van der Waals surface area contributed by atoms with E-state index in [-0.39, 0.29) is 12.6 Å². The topological polar surface area (TPSA) is 67.6 Å². The van der Waals surface area contributed by atoms with E-state index in [1.54, 1.807) is 0 Å². The van der Waals surface area contributed by atoms with Gasteiger partial charge in [-0.3, -0.25) is 4.79 Å². The number of ether oxygens (including phenoxy) is 1. The molecule has 3 rings (SSSR count). The first-order valence-electron chi connectivity index (χ1n) is 6.37. The Labute approximate surface area is 122 Å². The molecule has 0 radical (unpaired) electrons. The van der Waals surface area contributed by atoms with Gasteiger partial charge < -0.3 is 4.74 Å². The summed E-state index contributed by atoms with van der Waals surface area (Å²) in [4.78, 5) is 11.8. The molecule has 2 fully saturated rings. The Bertz CT molecular complexity index is 631. The van der Waals surface area contributed by atoms with Crippen molar-refractivity contribution in [1.29, 1.82) is 0 Å². The quantitative estimate of drug-likeness (QED) is 0.588. The van der Waals surface area contributed by atoms with Gasteiger partial charge in [-0.2, -0.15) is 0 Å². The number of hydrogen-bond donors (Lipinski definition) is 0. The third-order valence-electron chi connectivity index (χ3n) is 3.67. The molecule has 0 spiro atoms. The fourth-order valence-corrected chi connectivity index (χ4v) is 4.53. The first kappa shape index (κ1) is 13.8. The molecule has 2 aliphatic rings. The van der Waals surface area contributed by atoms with E-state index in [1.807, 2.05) is 0 Å². The van der Waals surface area contributed by atoms with Crippen LogP contribution in [-0.2, 0) is 19.7 Å². The Morgan fingerprint density at radius 3 is 2.70 bits per heavy atom. The lowest BCUT2D eigenvalue weighted by Gasteiger charge is -2.40. The minimum absolute atomic E-state index is 0.128. The number of esters is 1. The van der Waals surface area contributed by atoms with Crippen LogP contribution in [0.1, 0.15) is 19.3 Å². The molecule has 1 aromatic rings. The Kier molecular flexibility index (Phi) is 3.43. The molecule has 2 unspecified atom stereocenters. The van der Waals surface area contributed by atoms with Gasteiger partial charge in [-0.15, -0.1) is 12.7 Å². The molecule has 108 valence electrons. The molecule has 2 bridgehead atoms. The van der Waals surface area contributed by atoms with Gasteiger partial charge in [0.15, 0.2) is 12.4 Å². The lowest BCUT2D eigenvalue weighted by molar-refractivity contribution is -0.517. The van der Waals surface area contributed by atoms with Gasteiger partial charge in [0.25, 0.3) is 0 Å². The van der Waals surface area contributed by atoms with E-state index in [9.17, 15) is 13.2 Å². The van der Waals surface area contributed by atoms with Crippen molar-refractivity contribution >= 4 is 27.8 Å². The van der Waals surface area contributed by atoms with Crippen molar-refractivity contribution in [3.8, 4) is 0 Å². The number of fused-ring (bicyclic) bond motifs is 2. The van der Waals surface area contributed by atoms with Crippen LogP contribution in [0.3, 0.4) is 0 Å². The van der Waals surface area contributed by atoms with Crippen LogP contribution in [0.15, 0.2) is 24.5 Å². The van der Waals surface area contributed by atoms with Crippen LogP contribution in [0.4, 0.5) is 0 Å². The number of cyclic esters (lactones) is 1. The maximum absolute atomic E-state index is 12.7. The standard InChI is InChI=1S/C12H14ClN2O4S/c13-9-4-6-14(7-5-9)20(17,18)15-10-2-1-3-11(15)12(16)19-8-10/h4-7,10-11H,1-3,8H2/q+1. The summed E-state index contributed by atoms with van der Waals surface area (Å²) >= 11 is 5.77. The number of halogens is 1. The van der Waals surface area contributed by atoms with Crippen LogP contribution in [0.5, 0.6) is 0 Å². The average molecular weight is 318 g/mol. The van der Waals surface area contributed by atoms with Gasteiger partial charge in [0.2, 0.25) is 0 Å². The van der Waals surface area contributed by atoms with E-state index in [0.717, 1.165) is 10.4 Å². The molecule has 0 aromatic carbocycles. The van der Waals surface area contributed by atoms with Crippen LogP contribution < -0.4 is 3.97 Å². The van der Waals surface area contributed by atoms with E-state index in [2.05, 4.69) is 0 Å². The van der Waals surface area contributed by atoms with Crippen LogP contribution in [0.25, 0.3) is 0 Å². The number of pyridine rings is 1. The zero-order chi connectivity index (χ0) is 14.3. The largest absolute Gasteiger partial charge is 0.463 e. The summed E-state index contributed by atoms with van der Waals surface area (Å²) in [5.74, 6) is -0.459. The van der Waals surface area contributed by atoms with Crippen LogP contribution in [0, 0.1) is 0 Å². The van der Waals surface area contributed by atoms with E-state index in [1.165, 1.54) is 28.8 Å². The van der Waals surface area contributed by atoms with Gasteiger partial charge in [-0.1, -0.05) is 15.6 Å². The van der Waals surface area contributed by atoms with Gasteiger partial charge in [0.1, 0.15) is 12.6 Å². The van der Waals surface area contributed by atoms with Gasteiger partial charge in [-0.05, 0) is 19.3 Å². The highest BCUT2D eigenvalue weighted by Gasteiger charge is 2.51. The molecule has 1 aromatic heterocycles. The number of morpholine rings is 1. The zero-order valence-electron chi connectivity index (χ0n) is 10.6. The molecule has 0 amide bonds. The van der Waals surface area contributed by atoms with Crippen LogP contribution in [0.2, 0.25) is 5.02 Å². The smallest absolute Gasteiger partial charge is 0.448 e. The monoisotopic (exact) mass is 317 g/mol. The zero-order valence-corrected chi connectivity index (χ0v) is 12.2. The molecule has 0 saturated carbocycles. The highest BCUT2D eigenvalue weighted by molar-refractivity contribution is 7.82. The van der Waals surface area contributed by atoms with Crippen molar-refractivity contribution in [3.05, 3.63) is 29.5 Å². The lowest BCUT2D eigenvalue weighted by atomic mass is 9.97. The third kappa shape index (κ3) is 2.19. The van der Waals surface area contributed by atoms with Crippen LogP contribution in [-0.4, -0.2) is 37.4 Å². The van der Waals surface area contributed by atoms with Gasteiger partial charge in [0.05, 0.1) is 11.1 Å². The summed E-state index contributed by atoms with van der Waals surface area (Å²) in [6, 6.07) is 2.00. The summed E-state index contributed by atoms with van der Waals surface area (Å²) in [5.41, 5.74) is 0. The summed E-state index contributed by atoms with van der Waals surface area (Å²) in [6.07, 6.45) is 4.81. The SMILES string of the molecule is O=C1OCC2CCCC1N2S(=O)(=O)[n+]1ccc(Cl)cc1. The minimum Gasteiger partial charge on any atom is -0.463 e. The second-order valence-corrected chi connectivity index (χ2v) is 7.09. The fraction of sp³-hybridized carbons (Fsp3) is 0.500. The van der Waals surface area contributed by atoms with Crippen LogP contribution >= 0.6 is 11.6 Å². The highest BCUT2D eigenvalue weighted by Crippen LogP contribution is 2.30. The Hall–Kier alpha value is -1.18. The Morgan fingerprint density at radius 1 is 1.30 bits per heavy atom. The predicted octanol–water partition coefficient (Wildman–Crippen LogP) is 0.500. The van der Waals surface area contributed by atoms with Gasteiger partial charge in [0, 0.05) is 12.1 Å². The Morgan fingerprint density at radius 2 is 2.00 bits per heavy atom. The van der Waals surface area contributed by atoms with Crippen molar-refractivity contribution in [2.45, 2.75) is 31.3 Å². The number of carbonyl (C=O) groups is 1. The number of piperidine rings is 1. The summed E-state index contributed by atoms with van der Waals surface area (Å²) in [6.45, 7) is 0.128. The molecule has 0 aliphatic carbocycles. The Balaban J connectivity index is 2.01. The lowest BCUT2D eigenvalue weighted by Crippen LogP contribution is -2.65. The molecule has 8 heteroatoms. The van der Waals surface area contributed by atoms with Crippen molar-refractivity contribution in [3.63, 3.8) is 0 Å². The molecule has 6 nitrogen and oxygen atoms in total. The van der Waals surface area contributed by atoms with Crippen molar-refractivity contribution in [2.24, 2.45) is 0 Å². The van der Waals surface area contributed by atoms with Crippen molar-refractivity contribution in [1.82, 2.24) is 4.31 Å². The van der Waals surface area contributed by atoms with Gasteiger partial charge in [-0.25, -0.2) is 0 Å². The molecule has 0 N–H and O–H groups in total. The van der Waals surface area contributed by atoms with Gasteiger partial charge >= 0.3 is 16.2 Å². The predicted molar refractivity (Wildman–Crippen MR) is 70.2 cm³/mol.